The number of aromatic nitrogens is 1. The molecule has 1 rings (SSSR count). The Morgan fingerprint density at radius 3 is 2.63 bits per heavy atom. The Morgan fingerprint density at radius 2 is 2.05 bits per heavy atom. The number of aromatic amines is 1. The van der Waals surface area contributed by atoms with Crippen molar-refractivity contribution in [1.82, 2.24) is 14.6 Å². The van der Waals surface area contributed by atoms with Gasteiger partial charge in [0, 0.05) is 31.5 Å². The minimum Gasteiger partial charge on any atom is -0.363 e. The quantitative estimate of drug-likeness (QED) is 0.729. The summed E-state index contributed by atoms with van der Waals surface area (Å²) in [6.45, 7) is 8.57. The highest BCUT2D eigenvalue weighted by atomic mass is 32.2. The number of unbranched alkanes of at least 4 members (excludes halogenated alkanes) is 1. The molecule has 0 saturated carbocycles. The standard InChI is InChI=1S/C13H25N3O2S/c1-4-7-8-16(6-3)19(17,18)13-9-12(15-11-13)10-14-5-2/h9,11,14-15H,4-8,10H2,1-3H3. The molecular formula is C13H25N3O2S. The van der Waals surface area contributed by atoms with E-state index in [4.69, 9.17) is 0 Å². The van der Waals surface area contributed by atoms with Crippen LogP contribution in [0.2, 0.25) is 0 Å². The molecule has 110 valence electrons. The minimum atomic E-state index is -3.35. The average Bonchev–Trinajstić information content (AvgIpc) is 2.86. The largest absolute Gasteiger partial charge is 0.363 e. The van der Waals surface area contributed by atoms with E-state index < -0.39 is 10.0 Å². The van der Waals surface area contributed by atoms with E-state index in [1.54, 1.807) is 12.3 Å². The predicted octanol–water partition coefficient (Wildman–Crippen LogP) is 1.93. The molecule has 0 atom stereocenters. The summed E-state index contributed by atoms with van der Waals surface area (Å²) in [6, 6.07) is 1.71. The SMILES string of the molecule is CCCCN(CC)S(=O)(=O)c1c[nH]c(CNCC)c1. The van der Waals surface area contributed by atoms with Gasteiger partial charge in [-0.3, -0.25) is 0 Å². The van der Waals surface area contributed by atoms with E-state index in [-0.39, 0.29) is 0 Å². The van der Waals surface area contributed by atoms with Gasteiger partial charge in [0.2, 0.25) is 10.0 Å². The molecule has 0 spiro atoms. The third-order valence-corrected chi connectivity index (χ3v) is 4.99. The van der Waals surface area contributed by atoms with E-state index in [1.807, 2.05) is 13.8 Å². The zero-order valence-corrected chi connectivity index (χ0v) is 12.9. The van der Waals surface area contributed by atoms with Gasteiger partial charge in [-0.15, -0.1) is 0 Å². The molecule has 0 saturated heterocycles. The van der Waals surface area contributed by atoms with E-state index in [1.165, 1.54) is 4.31 Å². The summed E-state index contributed by atoms with van der Waals surface area (Å²) >= 11 is 0. The molecule has 2 N–H and O–H groups in total. The first-order valence-corrected chi connectivity index (χ1v) is 8.38. The first-order valence-electron chi connectivity index (χ1n) is 6.94. The number of nitrogens with zero attached hydrogens (tertiary/aromatic N) is 1. The van der Waals surface area contributed by atoms with Gasteiger partial charge in [0.15, 0.2) is 0 Å². The molecule has 1 aromatic heterocycles. The van der Waals surface area contributed by atoms with Crippen molar-refractivity contribution in [1.29, 1.82) is 0 Å². The van der Waals surface area contributed by atoms with Crippen LogP contribution >= 0.6 is 0 Å². The number of H-pyrrole nitrogens is 1. The number of rotatable bonds is 9. The molecule has 0 aromatic carbocycles. The average molecular weight is 287 g/mol. The van der Waals surface area contributed by atoms with Crippen LogP contribution in [0, 0.1) is 0 Å². The van der Waals surface area contributed by atoms with Gasteiger partial charge in [-0.1, -0.05) is 27.2 Å². The second-order valence-electron chi connectivity index (χ2n) is 4.49. The van der Waals surface area contributed by atoms with Crippen molar-refractivity contribution in [3.05, 3.63) is 18.0 Å². The van der Waals surface area contributed by atoms with Crippen LogP contribution in [0.5, 0.6) is 0 Å². The Balaban J connectivity index is 2.82. The summed E-state index contributed by atoms with van der Waals surface area (Å²) in [7, 11) is -3.35. The first-order chi connectivity index (χ1) is 9.06. The van der Waals surface area contributed by atoms with E-state index in [0.29, 0.717) is 24.5 Å². The smallest absolute Gasteiger partial charge is 0.244 e. The van der Waals surface area contributed by atoms with Crippen molar-refractivity contribution >= 4 is 10.0 Å². The molecular weight excluding hydrogens is 262 g/mol. The lowest BCUT2D eigenvalue weighted by atomic mass is 10.3. The van der Waals surface area contributed by atoms with Gasteiger partial charge in [-0.25, -0.2) is 8.42 Å². The molecule has 0 radical (unpaired) electrons. The topological polar surface area (TPSA) is 65.2 Å². The van der Waals surface area contributed by atoms with Gasteiger partial charge < -0.3 is 10.3 Å². The van der Waals surface area contributed by atoms with Crippen LogP contribution in [0.3, 0.4) is 0 Å². The number of sulfonamides is 1. The summed E-state index contributed by atoms with van der Waals surface area (Å²) in [4.78, 5) is 3.37. The summed E-state index contributed by atoms with van der Waals surface area (Å²) in [5.74, 6) is 0. The summed E-state index contributed by atoms with van der Waals surface area (Å²) in [5.41, 5.74) is 0.895. The van der Waals surface area contributed by atoms with Crippen LogP contribution in [0.4, 0.5) is 0 Å². The molecule has 1 heterocycles. The van der Waals surface area contributed by atoms with Crippen LogP contribution in [0.15, 0.2) is 17.2 Å². The summed E-state index contributed by atoms with van der Waals surface area (Å²) in [6.07, 6.45) is 3.46. The van der Waals surface area contributed by atoms with Crippen molar-refractivity contribution in [2.75, 3.05) is 19.6 Å². The lowest BCUT2D eigenvalue weighted by molar-refractivity contribution is 0.419. The molecule has 0 aliphatic carbocycles. The Kier molecular flexibility index (Phi) is 6.54. The highest BCUT2D eigenvalue weighted by molar-refractivity contribution is 7.89. The lowest BCUT2D eigenvalue weighted by Crippen LogP contribution is -2.31. The van der Waals surface area contributed by atoms with Crippen molar-refractivity contribution in [2.24, 2.45) is 0 Å². The van der Waals surface area contributed by atoms with E-state index in [9.17, 15) is 8.42 Å². The Hall–Kier alpha value is -0.850. The highest BCUT2D eigenvalue weighted by Crippen LogP contribution is 2.17. The second-order valence-corrected chi connectivity index (χ2v) is 6.43. The molecule has 5 nitrogen and oxygen atoms in total. The zero-order valence-electron chi connectivity index (χ0n) is 12.1. The minimum absolute atomic E-state index is 0.360. The maximum atomic E-state index is 12.4. The number of hydrogen-bond acceptors (Lipinski definition) is 3. The van der Waals surface area contributed by atoms with Gasteiger partial charge in [-0.2, -0.15) is 4.31 Å². The van der Waals surface area contributed by atoms with Gasteiger partial charge in [0.1, 0.15) is 0 Å². The normalized spacial score (nSPS) is 12.2. The van der Waals surface area contributed by atoms with Gasteiger partial charge in [-0.05, 0) is 19.0 Å². The summed E-state index contributed by atoms with van der Waals surface area (Å²) < 4.78 is 26.4. The maximum Gasteiger partial charge on any atom is 0.244 e. The van der Waals surface area contributed by atoms with Gasteiger partial charge >= 0.3 is 0 Å². The van der Waals surface area contributed by atoms with Crippen LogP contribution in [0.25, 0.3) is 0 Å². The van der Waals surface area contributed by atoms with Crippen LogP contribution < -0.4 is 5.32 Å². The zero-order chi connectivity index (χ0) is 14.3. The molecule has 0 aliphatic rings. The molecule has 0 bridgehead atoms. The Bertz CT molecular complexity index is 468. The van der Waals surface area contributed by atoms with Crippen LogP contribution in [-0.2, 0) is 16.6 Å². The number of hydrogen-bond donors (Lipinski definition) is 2. The molecule has 19 heavy (non-hydrogen) atoms. The van der Waals surface area contributed by atoms with E-state index >= 15 is 0 Å². The fraction of sp³-hybridized carbons (Fsp3) is 0.692. The van der Waals surface area contributed by atoms with Gasteiger partial charge in [0.05, 0.1) is 4.90 Å². The molecule has 1 aromatic rings. The highest BCUT2D eigenvalue weighted by Gasteiger charge is 2.23. The molecule has 0 amide bonds. The van der Waals surface area contributed by atoms with E-state index in [0.717, 1.165) is 25.1 Å². The Labute approximate surface area is 116 Å². The number of nitrogens with one attached hydrogen (secondary N) is 2. The van der Waals surface area contributed by atoms with Crippen LogP contribution in [0.1, 0.15) is 39.3 Å². The Morgan fingerprint density at radius 1 is 1.32 bits per heavy atom. The summed E-state index contributed by atoms with van der Waals surface area (Å²) in [5, 5.41) is 3.17. The fourth-order valence-corrected chi connectivity index (χ4v) is 3.37. The second kappa shape index (κ2) is 7.67. The molecule has 0 aliphatic heterocycles. The van der Waals surface area contributed by atoms with Crippen LogP contribution in [-0.4, -0.2) is 37.3 Å². The fourth-order valence-electron chi connectivity index (χ4n) is 1.86. The van der Waals surface area contributed by atoms with Crippen molar-refractivity contribution < 1.29 is 8.42 Å². The molecule has 6 heteroatoms. The third-order valence-electron chi connectivity index (χ3n) is 3.03. The maximum absolute atomic E-state index is 12.4. The lowest BCUT2D eigenvalue weighted by Gasteiger charge is -2.19. The van der Waals surface area contributed by atoms with E-state index in [2.05, 4.69) is 17.2 Å². The predicted molar refractivity (Wildman–Crippen MR) is 77.5 cm³/mol. The molecule has 0 fully saturated rings. The van der Waals surface area contributed by atoms with Crippen molar-refractivity contribution in [2.45, 2.75) is 45.1 Å². The monoisotopic (exact) mass is 287 g/mol. The molecule has 0 unspecified atom stereocenters. The first kappa shape index (κ1) is 16.2. The third kappa shape index (κ3) is 4.33. The van der Waals surface area contributed by atoms with Crippen molar-refractivity contribution in [3.8, 4) is 0 Å². The van der Waals surface area contributed by atoms with Gasteiger partial charge in [0.25, 0.3) is 0 Å². The van der Waals surface area contributed by atoms with Crippen molar-refractivity contribution in [3.63, 3.8) is 0 Å².